The normalized spacial score (nSPS) is 22.2. The molecule has 6 heteroatoms. The van der Waals surface area contributed by atoms with Crippen molar-refractivity contribution in [2.75, 3.05) is 26.2 Å². The second-order valence-corrected chi connectivity index (χ2v) is 8.47. The largest absolute Gasteiger partial charge is 0.351 e. The van der Waals surface area contributed by atoms with Crippen molar-refractivity contribution < 1.29 is 14.0 Å². The topological polar surface area (TPSA) is 52.7 Å². The smallest absolute Gasteiger partial charge is 0.237 e. The molecular weight excluding hydrogens is 357 g/mol. The SMILES string of the molecule is O=C(NCc1ccc(F)cc1)C(C1CCCC1)N1CCN(C(=O)C2CC2)CC1. The Kier molecular flexibility index (Phi) is 5.95. The molecule has 1 aliphatic heterocycles. The fraction of sp³-hybridized carbons (Fsp3) is 0.636. The molecule has 2 saturated carbocycles. The molecule has 28 heavy (non-hydrogen) atoms. The summed E-state index contributed by atoms with van der Waals surface area (Å²) in [7, 11) is 0. The molecule has 3 fully saturated rings. The number of benzene rings is 1. The Balaban J connectivity index is 1.36. The second-order valence-electron chi connectivity index (χ2n) is 8.47. The lowest BCUT2D eigenvalue weighted by molar-refractivity contribution is -0.136. The van der Waals surface area contributed by atoms with Gasteiger partial charge in [0.15, 0.2) is 0 Å². The van der Waals surface area contributed by atoms with Gasteiger partial charge in [-0.3, -0.25) is 14.5 Å². The zero-order chi connectivity index (χ0) is 19.5. The van der Waals surface area contributed by atoms with Gasteiger partial charge in [-0.1, -0.05) is 25.0 Å². The predicted octanol–water partition coefficient (Wildman–Crippen LogP) is 2.55. The molecule has 0 aromatic heterocycles. The zero-order valence-electron chi connectivity index (χ0n) is 16.4. The van der Waals surface area contributed by atoms with Crippen molar-refractivity contribution >= 4 is 11.8 Å². The molecular formula is C22H30FN3O2. The molecule has 0 bridgehead atoms. The molecule has 1 unspecified atom stereocenters. The Hall–Kier alpha value is -1.95. The summed E-state index contributed by atoms with van der Waals surface area (Å²) in [4.78, 5) is 29.7. The molecule has 1 N–H and O–H groups in total. The highest BCUT2D eigenvalue weighted by Crippen LogP contribution is 2.33. The van der Waals surface area contributed by atoms with Gasteiger partial charge in [0.05, 0.1) is 6.04 Å². The van der Waals surface area contributed by atoms with Gasteiger partial charge in [-0.15, -0.1) is 0 Å². The van der Waals surface area contributed by atoms with Gasteiger partial charge in [0.2, 0.25) is 11.8 Å². The van der Waals surface area contributed by atoms with Crippen LogP contribution in [0, 0.1) is 17.7 Å². The highest BCUT2D eigenvalue weighted by atomic mass is 19.1. The van der Waals surface area contributed by atoms with Crippen molar-refractivity contribution in [3.05, 3.63) is 35.6 Å². The van der Waals surface area contributed by atoms with Crippen LogP contribution in [0.2, 0.25) is 0 Å². The Morgan fingerprint density at radius 3 is 2.25 bits per heavy atom. The van der Waals surface area contributed by atoms with Gasteiger partial charge >= 0.3 is 0 Å². The first-order valence-corrected chi connectivity index (χ1v) is 10.7. The first kappa shape index (κ1) is 19.4. The van der Waals surface area contributed by atoms with Gasteiger partial charge in [-0.05, 0) is 49.3 Å². The number of carbonyl (C=O) groups excluding carboxylic acids is 2. The van der Waals surface area contributed by atoms with E-state index < -0.39 is 0 Å². The van der Waals surface area contributed by atoms with E-state index in [4.69, 9.17) is 0 Å². The highest BCUT2D eigenvalue weighted by molar-refractivity contribution is 5.83. The average molecular weight is 387 g/mol. The number of carbonyl (C=O) groups is 2. The molecule has 0 radical (unpaired) electrons. The lowest BCUT2D eigenvalue weighted by Gasteiger charge is -2.40. The van der Waals surface area contributed by atoms with Gasteiger partial charge in [-0.2, -0.15) is 0 Å². The molecule has 1 aromatic rings. The minimum atomic E-state index is -0.266. The summed E-state index contributed by atoms with van der Waals surface area (Å²) in [5.74, 6) is 0.753. The summed E-state index contributed by atoms with van der Waals surface area (Å²) < 4.78 is 13.1. The zero-order valence-corrected chi connectivity index (χ0v) is 16.4. The van der Waals surface area contributed by atoms with Crippen molar-refractivity contribution in [2.45, 2.75) is 51.1 Å². The van der Waals surface area contributed by atoms with Crippen LogP contribution >= 0.6 is 0 Å². The average Bonchev–Trinajstić information content (AvgIpc) is 3.44. The van der Waals surface area contributed by atoms with Crippen LogP contribution in [0.4, 0.5) is 4.39 Å². The molecule has 1 aromatic carbocycles. The Labute approximate surface area is 166 Å². The van der Waals surface area contributed by atoms with Gasteiger partial charge in [0, 0.05) is 38.6 Å². The van der Waals surface area contributed by atoms with Crippen molar-refractivity contribution in [3.63, 3.8) is 0 Å². The molecule has 1 saturated heterocycles. The van der Waals surface area contributed by atoms with Crippen molar-refractivity contribution in [3.8, 4) is 0 Å². The minimum Gasteiger partial charge on any atom is -0.351 e. The monoisotopic (exact) mass is 387 g/mol. The molecule has 2 amide bonds. The van der Waals surface area contributed by atoms with E-state index in [1.165, 1.54) is 25.0 Å². The van der Waals surface area contributed by atoms with Crippen LogP contribution in [-0.2, 0) is 16.1 Å². The predicted molar refractivity (Wildman–Crippen MR) is 105 cm³/mol. The number of piperazine rings is 1. The molecule has 5 nitrogen and oxygen atoms in total. The van der Waals surface area contributed by atoms with Crippen molar-refractivity contribution in [1.29, 1.82) is 0 Å². The van der Waals surface area contributed by atoms with E-state index in [0.717, 1.165) is 57.4 Å². The maximum Gasteiger partial charge on any atom is 0.237 e. The third-order valence-corrected chi connectivity index (χ3v) is 6.44. The van der Waals surface area contributed by atoms with E-state index >= 15 is 0 Å². The van der Waals surface area contributed by atoms with Crippen LogP contribution in [0.25, 0.3) is 0 Å². The van der Waals surface area contributed by atoms with Crippen LogP contribution in [0.5, 0.6) is 0 Å². The van der Waals surface area contributed by atoms with E-state index in [2.05, 4.69) is 10.2 Å². The van der Waals surface area contributed by atoms with E-state index in [-0.39, 0.29) is 23.7 Å². The van der Waals surface area contributed by atoms with Gasteiger partial charge in [0.1, 0.15) is 5.82 Å². The van der Waals surface area contributed by atoms with E-state index in [9.17, 15) is 14.0 Å². The first-order valence-electron chi connectivity index (χ1n) is 10.7. The molecule has 2 aliphatic carbocycles. The maximum atomic E-state index is 13.1. The summed E-state index contributed by atoms with van der Waals surface area (Å²) in [6.07, 6.45) is 6.63. The van der Waals surface area contributed by atoms with E-state index in [0.29, 0.717) is 18.4 Å². The molecule has 0 spiro atoms. The fourth-order valence-electron chi connectivity index (χ4n) is 4.66. The van der Waals surface area contributed by atoms with Gasteiger partial charge in [-0.25, -0.2) is 4.39 Å². The summed E-state index contributed by atoms with van der Waals surface area (Å²) in [5, 5.41) is 3.07. The van der Waals surface area contributed by atoms with E-state index in [1.54, 1.807) is 12.1 Å². The van der Waals surface area contributed by atoms with Crippen molar-refractivity contribution in [1.82, 2.24) is 15.1 Å². The Morgan fingerprint density at radius 2 is 1.64 bits per heavy atom. The third kappa shape index (κ3) is 4.54. The minimum absolute atomic E-state index is 0.0678. The fourth-order valence-corrected chi connectivity index (χ4v) is 4.66. The van der Waals surface area contributed by atoms with Gasteiger partial charge < -0.3 is 10.2 Å². The third-order valence-electron chi connectivity index (χ3n) is 6.44. The molecule has 4 rings (SSSR count). The molecule has 1 atom stereocenters. The van der Waals surface area contributed by atoms with E-state index in [1.807, 2.05) is 4.90 Å². The standard InChI is InChI=1S/C22H30FN3O2/c23-19-9-5-16(6-10-19)15-24-21(27)20(17-3-1-2-4-17)25-11-13-26(14-12-25)22(28)18-7-8-18/h5-6,9-10,17-18,20H,1-4,7-8,11-15H2,(H,24,27). The summed E-state index contributed by atoms with van der Waals surface area (Å²) in [6, 6.07) is 6.14. The number of hydrogen-bond donors (Lipinski definition) is 1. The number of amides is 2. The number of rotatable bonds is 6. The van der Waals surface area contributed by atoms with Crippen LogP contribution in [0.15, 0.2) is 24.3 Å². The van der Waals surface area contributed by atoms with Crippen molar-refractivity contribution in [2.24, 2.45) is 11.8 Å². The van der Waals surface area contributed by atoms with Crippen LogP contribution in [-0.4, -0.2) is 53.8 Å². The number of nitrogens with one attached hydrogen (secondary N) is 1. The number of halogens is 1. The number of hydrogen-bond acceptors (Lipinski definition) is 3. The van der Waals surface area contributed by atoms with Crippen LogP contribution < -0.4 is 5.32 Å². The maximum absolute atomic E-state index is 13.1. The van der Waals surface area contributed by atoms with Gasteiger partial charge in [0.25, 0.3) is 0 Å². The lowest BCUT2D eigenvalue weighted by Crippen LogP contribution is -2.58. The summed E-state index contributed by atoms with van der Waals surface area (Å²) in [5.41, 5.74) is 0.903. The van der Waals surface area contributed by atoms with Crippen LogP contribution in [0.1, 0.15) is 44.1 Å². The molecule has 1 heterocycles. The first-order chi connectivity index (χ1) is 13.6. The lowest BCUT2D eigenvalue weighted by atomic mass is 9.95. The summed E-state index contributed by atoms with van der Waals surface area (Å²) >= 11 is 0. The Morgan fingerprint density at radius 1 is 1.00 bits per heavy atom. The summed E-state index contributed by atoms with van der Waals surface area (Å²) in [6.45, 7) is 3.41. The molecule has 152 valence electrons. The van der Waals surface area contributed by atoms with Crippen LogP contribution in [0.3, 0.4) is 0 Å². The highest BCUT2D eigenvalue weighted by Gasteiger charge is 2.39. The second kappa shape index (κ2) is 8.60. The molecule has 3 aliphatic rings. The Bertz CT molecular complexity index is 690. The quantitative estimate of drug-likeness (QED) is 0.816. The number of nitrogens with zero attached hydrogens (tertiary/aromatic N) is 2.